The van der Waals surface area contributed by atoms with E-state index < -0.39 is 6.10 Å². The maximum absolute atomic E-state index is 10.1. The van der Waals surface area contributed by atoms with Gasteiger partial charge in [-0.25, -0.2) is 0 Å². The van der Waals surface area contributed by atoms with Crippen LogP contribution in [0.15, 0.2) is 12.1 Å². The zero-order chi connectivity index (χ0) is 11.4. The van der Waals surface area contributed by atoms with E-state index in [0.717, 1.165) is 4.88 Å². The highest BCUT2D eigenvalue weighted by atomic mass is 35.5. The van der Waals surface area contributed by atoms with Crippen LogP contribution in [0.4, 0.5) is 0 Å². The molecule has 15 heavy (non-hydrogen) atoms. The standard InChI is InChI=1S/C11H17ClO2S/c1-4-14-11(7(2)3)10(13)8-5-6-9(12)15-8/h5-7,10-11,13H,4H2,1-3H3. The van der Waals surface area contributed by atoms with Crippen molar-refractivity contribution >= 4 is 22.9 Å². The van der Waals surface area contributed by atoms with Crippen LogP contribution in [-0.2, 0) is 4.74 Å². The summed E-state index contributed by atoms with van der Waals surface area (Å²) in [5.41, 5.74) is 0. The molecule has 2 unspecified atom stereocenters. The third-order valence-electron chi connectivity index (χ3n) is 2.21. The SMILES string of the molecule is CCOC(C(C)C)C(O)c1ccc(Cl)s1. The first-order chi connectivity index (χ1) is 7.06. The second-order valence-corrected chi connectivity index (χ2v) is 5.50. The minimum Gasteiger partial charge on any atom is -0.385 e. The molecule has 0 aliphatic carbocycles. The summed E-state index contributed by atoms with van der Waals surface area (Å²) in [5.74, 6) is 0.279. The van der Waals surface area contributed by atoms with Gasteiger partial charge in [0, 0.05) is 11.5 Å². The van der Waals surface area contributed by atoms with Crippen molar-refractivity contribution in [1.82, 2.24) is 0 Å². The highest BCUT2D eigenvalue weighted by Crippen LogP contribution is 2.31. The van der Waals surface area contributed by atoms with Crippen molar-refractivity contribution in [1.29, 1.82) is 0 Å². The summed E-state index contributed by atoms with van der Waals surface area (Å²) in [6.45, 7) is 6.63. The Morgan fingerprint density at radius 3 is 2.53 bits per heavy atom. The Bertz CT molecular complexity index is 299. The zero-order valence-electron chi connectivity index (χ0n) is 9.24. The highest BCUT2D eigenvalue weighted by molar-refractivity contribution is 7.16. The van der Waals surface area contributed by atoms with E-state index in [2.05, 4.69) is 0 Å². The average Bonchev–Trinajstić information content (AvgIpc) is 2.59. The molecule has 0 saturated carbocycles. The Hall–Kier alpha value is -0.0900. The number of aliphatic hydroxyl groups excluding tert-OH is 1. The molecule has 0 radical (unpaired) electrons. The van der Waals surface area contributed by atoms with E-state index in [-0.39, 0.29) is 12.0 Å². The number of hydrogen-bond donors (Lipinski definition) is 1. The molecule has 1 aromatic rings. The third-order valence-corrected chi connectivity index (χ3v) is 3.51. The first kappa shape index (κ1) is 13.0. The summed E-state index contributed by atoms with van der Waals surface area (Å²) in [5, 5.41) is 10.1. The molecule has 0 aliphatic rings. The van der Waals surface area contributed by atoms with Gasteiger partial charge in [-0.15, -0.1) is 11.3 Å². The van der Waals surface area contributed by atoms with Gasteiger partial charge in [0.1, 0.15) is 6.10 Å². The van der Waals surface area contributed by atoms with Crippen LogP contribution in [0.5, 0.6) is 0 Å². The van der Waals surface area contributed by atoms with E-state index in [4.69, 9.17) is 16.3 Å². The average molecular weight is 249 g/mol. The maximum atomic E-state index is 10.1. The van der Waals surface area contributed by atoms with Crippen LogP contribution in [-0.4, -0.2) is 17.8 Å². The van der Waals surface area contributed by atoms with Crippen LogP contribution < -0.4 is 0 Å². The maximum Gasteiger partial charge on any atom is 0.115 e. The summed E-state index contributed by atoms with van der Waals surface area (Å²) in [6.07, 6.45) is -0.743. The molecule has 0 aliphatic heterocycles. The zero-order valence-corrected chi connectivity index (χ0v) is 10.8. The lowest BCUT2D eigenvalue weighted by Crippen LogP contribution is -2.27. The van der Waals surface area contributed by atoms with E-state index in [0.29, 0.717) is 10.9 Å². The summed E-state index contributed by atoms with van der Waals surface area (Å²) >= 11 is 7.24. The van der Waals surface area contributed by atoms with Crippen LogP contribution >= 0.6 is 22.9 Å². The lowest BCUT2D eigenvalue weighted by Gasteiger charge is -2.25. The van der Waals surface area contributed by atoms with Gasteiger partial charge in [0.25, 0.3) is 0 Å². The van der Waals surface area contributed by atoms with Crippen molar-refractivity contribution in [2.45, 2.75) is 33.0 Å². The number of thiophene rings is 1. The summed E-state index contributed by atoms with van der Waals surface area (Å²) < 4.78 is 6.24. The Morgan fingerprint density at radius 1 is 1.47 bits per heavy atom. The fourth-order valence-electron chi connectivity index (χ4n) is 1.49. The van der Waals surface area contributed by atoms with Crippen LogP contribution in [0.1, 0.15) is 31.8 Å². The van der Waals surface area contributed by atoms with E-state index in [1.165, 1.54) is 11.3 Å². The molecule has 0 amide bonds. The van der Waals surface area contributed by atoms with E-state index in [1.807, 2.05) is 26.8 Å². The van der Waals surface area contributed by atoms with Gasteiger partial charge in [0.05, 0.1) is 10.4 Å². The van der Waals surface area contributed by atoms with Crippen molar-refractivity contribution < 1.29 is 9.84 Å². The van der Waals surface area contributed by atoms with Crippen LogP contribution in [0, 0.1) is 5.92 Å². The van der Waals surface area contributed by atoms with Gasteiger partial charge in [-0.05, 0) is 25.0 Å². The van der Waals surface area contributed by atoms with Crippen LogP contribution in [0.2, 0.25) is 4.34 Å². The van der Waals surface area contributed by atoms with Gasteiger partial charge in [-0.1, -0.05) is 25.4 Å². The van der Waals surface area contributed by atoms with E-state index >= 15 is 0 Å². The molecule has 86 valence electrons. The van der Waals surface area contributed by atoms with Crippen molar-refractivity contribution in [2.24, 2.45) is 5.92 Å². The van der Waals surface area contributed by atoms with E-state index in [1.54, 1.807) is 6.07 Å². The van der Waals surface area contributed by atoms with Gasteiger partial charge < -0.3 is 9.84 Å². The fraction of sp³-hybridized carbons (Fsp3) is 0.636. The first-order valence-corrected chi connectivity index (χ1v) is 6.30. The topological polar surface area (TPSA) is 29.5 Å². The molecule has 0 fully saturated rings. The number of ether oxygens (including phenoxy) is 1. The lowest BCUT2D eigenvalue weighted by molar-refractivity contribution is -0.0571. The molecule has 2 atom stereocenters. The number of hydrogen-bond acceptors (Lipinski definition) is 3. The molecule has 1 heterocycles. The molecule has 2 nitrogen and oxygen atoms in total. The second kappa shape index (κ2) is 5.85. The van der Waals surface area contributed by atoms with E-state index in [9.17, 15) is 5.11 Å². The molecule has 0 bridgehead atoms. The molecule has 1 rings (SSSR count). The summed E-state index contributed by atoms with van der Waals surface area (Å²) in [7, 11) is 0. The van der Waals surface area contributed by atoms with Gasteiger partial charge in [0.15, 0.2) is 0 Å². The minimum absolute atomic E-state index is 0.162. The smallest absolute Gasteiger partial charge is 0.115 e. The Morgan fingerprint density at radius 2 is 2.13 bits per heavy atom. The Labute approximate surface area is 99.8 Å². The van der Waals surface area contributed by atoms with Gasteiger partial charge >= 0.3 is 0 Å². The summed E-state index contributed by atoms with van der Waals surface area (Å²) in [4.78, 5) is 0.868. The number of aliphatic hydroxyl groups is 1. The predicted molar refractivity (Wildman–Crippen MR) is 64.5 cm³/mol. The quantitative estimate of drug-likeness (QED) is 0.864. The molecule has 0 saturated heterocycles. The third kappa shape index (κ3) is 3.45. The first-order valence-electron chi connectivity index (χ1n) is 5.11. The molecule has 1 N–H and O–H groups in total. The molecular weight excluding hydrogens is 232 g/mol. The van der Waals surface area contributed by atoms with Crippen LogP contribution in [0.3, 0.4) is 0 Å². The highest BCUT2D eigenvalue weighted by Gasteiger charge is 2.25. The normalized spacial score (nSPS) is 15.6. The molecular formula is C11H17ClO2S. The van der Waals surface area contributed by atoms with Crippen molar-refractivity contribution in [3.63, 3.8) is 0 Å². The predicted octanol–water partition coefficient (Wildman–Crippen LogP) is 3.50. The fourth-order valence-corrected chi connectivity index (χ4v) is 2.57. The van der Waals surface area contributed by atoms with Gasteiger partial charge in [-0.2, -0.15) is 0 Å². The van der Waals surface area contributed by atoms with Gasteiger partial charge in [-0.3, -0.25) is 0 Å². The lowest BCUT2D eigenvalue weighted by atomic mass is 10.0. The minimum atomic E-state index is -0.581. The molecule has 0 spiro atoms. The van der Waals surface area contributed by atoms with Gasteiger partial charge in [0.2, 0.25) is 0 Å². The van der Waals surface area contributed by atoms with Crippen molar-refractivity contribution in [3.8, 4) is 0 Å². The second-order valence-electron chi connectivity index (χ2n) is 3.75. The van der Waals surface area contributed by atoms with Crippen molar-refractivity contribution in [2.75, 3.05) is 6.61 Å². The number of rotatable bonds is 5. The van der Waals surface area contributed by atoms with Crippen molar-refractivity contribution in [3.05, 3.63) is 21.3 Å². The largest absolute Gasteiger partial charge is 0.385 e. The van der Waals surface area contributed by atoms with Crippen LogP contribution in [0.25, 0.3) is 0 Å². The summed E-state index contributed by atoms with van der Waals surface area (Å²) in [6, 6.07) is 3.65. The monoisotopic (exact) mass is 248 g/mol. The molecule has 4 heteroatoms. The Kier molecular flexibility index (Phi) is 5.06. The molecule has 0 aromatic carbocycles. The molecule has 1 aromatic heterocycles. The Balaban J connectivity index is 2.75. The number of halogens is 1.